The number of nitrogens with one attached hydrogen (secondary N) is 1. The zero-order valence-electron chi connectivity index (χ0n) is 18.2. The first kappa shape index (κ1) is 22.6. The molecule has 0 radical (unpaired) electrons. The number of rotatable bonds is 11. The molecule has 2 fully saturated rings. The third-order valence-corrected chi connectivity index (χ3v) is 9.55. The fraction of sp³-hybridized carbons (Fsp3) is 0.696. The monoisotopic (exact) mass is 461 g/mol. The smallest absolute Gasteiger partial charge is 0.241 e. The Bertz CT molecular complexity index is 1010. The van der Waals surface area contributed by atoms with Gasteiger partial charge in [0.2, 0.25) is 16.2 Å². The van der Waals surface area contributed by atoms with Gasteiger partial charge in [-0.3, -0.25) is 4.79 Å². The summed E-state index contributed by atoms with van der Waals surface area (Å²) in [7, 11) is -3.64. The van der Waals surface area contributed by atoms with Crippen LogP contribution in [0.3, 0.4) is 0 Å². The molecule has 2 saturated carbocycles. The van der Waals surface area contributed by atoms with Crippen molar-refractivity contribution in [3.05, 3.63) is 15.3 Å². The molecule has 0 aliphatic heterocycles. The Hall–Kier alpha value is -1.56. The van der Waals surface area contributed by atoms with E-state index in [1.807, 2.05) is 6.19 Å². The van der Waals surface area contributed by atoms with Crippen molar-refractivity contribution in [1.29, 1.82) is 5.26 Å². The van der Waals surface area contributed by atoms with E-state index in [0.29, 0.717) is 23.8 Å². The van der Waals surface area contributed by atoms with Gasteiger partial charge in [0.1, 0.15) is 5.78 Å². The lowest BCUT2D eigenvalue weighted by atomic mass is 9.84. The van der Waals surface area contributed by atoms with Gasteiger partial charge in [-0.2, -0.15) is 10.3 Å². The zero-order chi connectivity index (χ0) is 22.0. The Kier molecular flexibility index (Phi) is 6.95. The minimum Gasteiger partial charge on any atom is -0.299 e. The minimum atomic E-state index is -3.64. The quantitative estimate of drug-likeness (QED) is 0.395. The SMILES string of the molecule is CCCC(CC1CCc2sc(CC(=O)C3CC3)c(S(=O)(=O)NCC3CC3)c2C1)=NC#N. The zero-order valence-corrected chi connectivity index (χ0v) is 19.8. The van der Waals surface area contributed by atoms with Gasteiger partial charge in [0.25, 0.3) is 0 Å². The van der Waals surface area contributed by atoms with Crippen LogP contribution in [0, 0.1) is 29.2 Å². The van der Waals surface area contributed by atoms with Crippen molar-refractivity contribution in [2.75, 3.05) is 6.54 Å². The van der Waals surface area contributed by atoms with E-state index < -0.39 is 10.0 Å². The molecule has 1 heterocycles. The molecular weight excluding hydrogens is 430 g/mol. The van der Waals surface area contributed by atoms with Crippen LogP contribution in [0.25, 0.3) is 0 Å². The number of aryl methyl sites for hydroxylation is 1. The highest BCUT2D eigenvalue weighted by molar-refractivity contribution is 7.89. The molecule has 0 aromatic carbocycles. The summed E-state index contributed by atoms with van der Waals surface area (Å²) in [6.07, 6.45) is 11.1. The number of carbonyl (C=O) groups is 1. The van der Waals surface area contributed by atoms with E-state index in [0.717, 1.165) is 78.8 Å². The Morgan fingerprint density at radius 2 is 2.00 bits per heavy atom. The number of ketones is 1. The molecule has 1 N–H and O–H groups in total. The number of carbonyl (C=O) groups excluding carboxylic acids is 1. The van der Waals surface area contributed by atoms with E-state index in [-0.39, 0.29) is 24.0 Å². The van der Waals surface area contributed by atoms with Gasteiger partial charge in [-0.15, -0.1) is 11.3 Å². The second-order valence-corrected chi connectivity index (χ2v) is 12.2. The molecule has 168 valence electrons. The first-order chi connectivity index (χ1) is 14.9. The lowest BCUT2D eigenvalue weighted by Gasteiger charge is -2.23. The Labute approximate surface area is 189 Å². The molecule has 0 bridgehead atoms. The van der Waals surface area contributed by atoms with Crippen molar-refractivity contribution in [1.82, 2.24) is 4.72 Å². The van der Waals surface area contributed by atoms with Gasteiger partial charge in [-0.05, 0) is 75.2 Å². The standard InChI is InChI=1S/C23H31N3O3S2/c1-2-3-18(25-14-24)10-16-6-9-21-19(11-16)23(31(28,29)26-13-15-4-5-15)22(30-21)12-20(27)17-7-8-17/h15-17,26H,2-13H2,1H3. The molecule has 3 aliphatic carbocycles. The van der Waals surface area contributed by atoms with E-state index in [2.05, 4.69) is 16.6 Å². The number of nitrogens with zero attached hydrogens (tertiary/aromatic N) is 2. The number of sulfonamides is 1. The van der Waals surface area contributed by atoms with E-state index >= 15 is 0 Å². The number of aliphatic imine (C=N–C) groups is 1. The van der Waals surface area contributed by atoms with Gasteiger partial charge in [0.05, 0.1) is 4.90 Å². The van der Waals surface area contributed by atoms with E-state index in [1.54, 1.807) is 0 Å². The average Bonchev–Trinajstić information content (AvgIpc) is 3.63. The van der Waals surface area contributed by atoms with Crippen molar-refractivity contribution in [3.8, 4) is 6.19 Å². The first-order valence-corrected chi connectivity index (χ1v) is 13.8. The van der Waals surface area contributed by atoms with Gasteiger partial charge in [-0.25, -0.2) is 13.1 Å². The normalized spacial score (nSPS) is 21.5. The highest BCUT2D eigenvalue weighted by Gasteiger charge is 2.36. The molecule has 1 atom stereocenters. The van der Waals surface area contributed by atoms with Crippen molar-refractivity contribution in [2.24, 2.45) is 22.7 Å². The van der Waals surface area contributed by atoms with Crippen molar-refractivity contribution >= 4 is 32.9 Å². The third kappa shape index (κ3) is 5.63. The van der Waals surface area contributed by atoms with Gasteiger partial charge >= 0.3 is 0 Å². The van der Waals surface area contributed by atoms with Crippen molar-refractivity contribution < 1.29 is 13.2 Å². The Morgan fingerprint density at radius 3 is 2.65 bits per heavy atom. The molecular formula is C23H31N3O3S2. The van der Waals surface area contributed by atoms with Crippen LogP contribution in [0.15, 0.2) is 9.89 Å². The van der Waals surface area contributed by atoms with Crippen LogP contribution >= 0.6 is 11.3 Å². The van der Waals surface area contributed by atoms with Crippen LogP contribution in [0.2, 0.25) is 0 Å². The van der Waals surface area contributed by atoms with Gasteiger partial charge < -0.3 is 0 Å². The van der Waals surface area contributed by atoms with Gasteiger partial charge in [0, 0.05) is 34.3 Å². The summed E-state index contributed by atoms with van der Waals surface area (Å²) < 4.78 is 29.5. The molecule has 31 heavy (non-hydrogen) atoms. The Morgan fingerprint density at radius 1 is 1.23 bits per heavy atom. The predicted octanol–water partition coefficient (Wildman–Crippen LogP) is 4.18. The number of nitriles is 1. The van der Waals surface area contributed by atoms with Crippen LogP contribution in [-0.4, -0.2) is 26.5 Å². The first-order valence-electron chi connectivity index (χ1n) is 11.5. The lowest BCUT2D eigenvalue weighted by Crippen LogP contribution is -2.28. The number of Topliss-reactive ketones (excluding diaryl/α,β-unsaturated/α-hetero) is 1. The molecule has 1 unspecified atom stereocenters. The summed E-state index contributed by atoms with van der Waals surface area (Å²) in [5.41, 5.74) is 1.82. The number of hydrogen-bond donors (Lipinski definition) is 1. The molecule has 0 amide bonds. The summed E-state index contributed by atoms with van der Waals surface area (Å²) >= 11 is 1.53. The van der Waals surface area contributed by atoms with Gasteiger partial charge in [0.15, 0.2) is 0 Å². The number of hydrogen-bond acceptors (Lipinski definition) is 6. The molecule has 0 spiro atoms. The molecule has 1 aromatic rings. The fourth-order valence-electron chi connectivity index (χ4n) is 4.51. The van der Waals surface area contributed by atoms with Crippen LogP contribution in [0.5, 0.6) is 0 Å². The third-order valence-electron chi connectivity index (χ3n) is 6.55. The summed E-state index contributed by atoms with van der Waals surface area (Å²) in [6, 6.07) is 0. The summed E-state index contributed by atoms with van der Waals surface area (Å²) in [5, 5.41) is 8.99. The topological polar surface area (TPSA) is 99.4 Å². The van der Waals surface area contributed by atoms with E-state index in [9.17, 15) is 13.2 Å². The second kappa shape index (κ2) is 9.51. The summed E-state index contributed by atoms with van der Waals surface area (Å²) in [6.45, 7) is 2.56. The van der Waals surface area contributed by atoms with Crippen LogP contribution in [0.4, 0.5) is 0 Å². The fourth-order valence-corrected chi connectivity index (χ4v) is 7.79. The number of thiophene rings is 1. The molecule has 0 saturated heterocycles. The van der Waals surface area contributed by atoms with Gasteiger partial charge in [-0.1, -0.05) is 13.3 Å². The maximum atomic E-state index is 13.3. The average molecular weight is 462 g/mol. The summed E-state index contributed by atoms with van der Waals surface area (Å²) in [4.78, 5) is 18.8. The Balaban J connectivity index is 1.60. The number of fused-ring (bicyclic) bond motifs is 1. The maximum Gasteiger partial charge on any atom is 0.241 e. The minimum absolute atomic E-state index is 0.126. The van der Waals surface area contributed by atoms with E-state index in [4.69, 9.17) is 5.26 Å². The molecule has 6 nitrogen and oxygen atoms in total. The van der Waals surface area contributed by atoms with Crippen LogP contribution in [-0.2, 0) is 34.1 Å². The van der Waals surface area contributed by atoms with Crippen LogP contribution < -0.4 is 4.72 Å². The summed E-state index contributed by atoms with van der Waals surface area (Å²) in [5.74, 6) is 1.04. The molecule has 1 aromatic heterocycles. The van der Waals surface area contributed by atoms with Crippen molar-refractivity contribution in [3.63, 3.8) is 0 Å². The van der Waals surface area contributed by atoms with E-state index in [1.165, 1.54) is 11.3 Å². The van der Waals surface area contributed by atoms with Crippen LogP contribution in [0.1, 0.15) is 73.6 Å². The largest absolute Gasteiger partial charge is 0.299 e. The molecule has 3 aliphatic rings. The highest BCUT2D eigenvalue weighted by Crippen LogP contribution is 2.42. The second-order valence-electron chi connectivity index (χ2n) is 9.31. The lowest BCUT2D eigenvalue weighted by molar-refractivity contribution is -0.119. The van der Waals surface area contributed by atoms with Crippen molar-refractivity contribution in [2.45, 2.75) is 82.4 Å². The predicted molar refractivity (Wildman–Crippen MR) is 122 cm³/mol. The molecule has 4 rings (SSSR count). The maximum absolute atomic E-state index is 13.3. The molecule has 8 heteroatoms. The highest BCUT2D eigenvalue weighted by atomic mass is 32.2.